The third-order valence-corrected chi connectivity index (χ3v) is 5.52. The third kappa shape index (κ3) is 7.50. The Balaban J connectivity index is 1.48. The van der Waals surface area contributed by atoms with Gasteiger partial charge in [-0.15, -0.1) is 0 Å². The second-order valence-corrected chi connectivity index (χ2v) is 8.02. The average Bonchev–Trinajstić information content (AvgIpc) is 2.85. The first-order valence-electron chi connectivity index (χ1n) is 11.3. The second kappa shape index (κ2) is 12.6. The van der Waals surface area contributed by atoms with E-state index in [0.717, 1.165) is 31.4 Å². The quantitative estimate of drug-likeness (QED) is 0.427. The Bertz CT molecular complexity index is 867. The molecule has 3 rings (SSSR count). The van der Waals surface area contributed by atoms with Gasteiger partial charge in [-0.05, 0) is 43.5 Å². The van der Waals surface area contributed by atoms with Gasteiger partial charge in [-0.1, -0.05) is 55.0 Å². The first-order chi connectivity index (χ1) is 15.6. The highest BCUT2D eigenvalue weighted by Gasteiger charge is 2.22. The van der Waals surface area contributed by atoms with Crippen molar-refractivity contribution in [3.63, 3.8) is 0 Å². The Labute approximate surface area is 189 Å². The van der Waals surface area contributed by atoms with E-state index >= 15 is 0 Å². The zero-order chi connectivity index (χ0) is 22.6. The highest BCUT2D eigenvalue weighted by molar-refractivity contribution is 5.97. The van der Waals surface area contributed by atoms with Gasteiger partial charge in [-0.2, -0.15) is 0 Å². The number of carbonyl (C=O) groups is 3. The molecule has 0 unspecified atom stereocenters. The number of hydrogen-bond acceptors (Lipinski definition) is 4. The van der Waals surface area contributed by atoms with Crippen LogP contribution in [0.15, 0.2) is 60.7 Å². The predicted molar refractivity (Wildman–Crippen MR) is 124 cm³/mol. The Morgan fingerprint density at radius 2 is 1.59 bits per heavy atom. The van der Waals surface area contributed by atoms with E-state index in [2.05, 4.69) is 21.3 Å². The van der Waals surface area contributed by atoms with Crippen LogP contribution in [0.25, 0.3) is 0 Å². The van der Waals surface area contributed by atoms with E-state index in [1.807, 2.05) is 36.4 Å². The molecule has 2 atom stereocenters. The van der Waals surface area contributed by atoms with Crippen molar-refractivity contribution in [2.45, 2.75) is 44.2 Å². The number of piperidine rings is 1. The summed E-state index contributed by atoms with van der Waals surface area (Å²) in [6.07, 6.45) is 4.06. The van der Waals surface area contributed by atoms with Crippen LogP contribution in [0.5, 0.6) is 0 Å². The summed E-state index contributed by atoms with van der Waals surface area (Å²) in [5, 5.41) is 11.9. The minimum atomic E-state index is -0.689. The average molecular weight is 437 g/mol. The van der Waals surface area contributed by atoms with Gasteiger partial charge in [0.15, 0.2) is 0 Å². The summed E-state index contributed by atoms with van der Waals surface area (Å²) in [5.41, 5.74) is 1.48. The lowest BCUT2D eigenvalue weighted by Gasteiger charge is -2.22. The second-order valence-electron chi connectivity index (χ2n) is 8.02. The summed E-state index contributed by atoms with van der Waals surface area (Å²) < 4.78 is 0. The van der Waals surface area contributed by atoms with E-state index in [-0.39, 0.29) is 23.8 Å². The Kier molecular flexibility index (Phi) is 9.25. The minimum Gasteiger partial charge on any atom is -0.355 e. The number of rotatable bonds is 10. The molecular formula is C25H32N4O3. The number of amides is 3. The Morgan fingerprint density at radius 3 is 2.28 bits per heavy atom. The van der Waals surface area contributed by atoms with Crippen LogP contribution in [-0.4, -0.2) is 49.4 Å². The maximum atomic E-state index is 12.8. The first-order valence-corrected chi connectivity index (χ1v) is 11.3. The van der Waals surface area contributed by atoms with Gasteiger partial charge in [-0.25, -0.2) is 0 Å². The van der Waals surface area contributed by atoms with Crippen LogP contribution in [0.3, 0.4) is 0 Å². The highest BCUT2D eigenvalue weighted by atomic mass is 16.2. The highest BCUT2D eigenvalue weighted by Crippen LogP contribution is 2.07. The van der Waals surface area contributed by atoms with Crippen LogP contribution in [0, 0.1) is 0 Å². The van der Waals surface area contributed by atoms with Crippen LogP contribution in [0.4, 0.5) is 0 Å². The summed E-state index contributed by atoms with van der Waals surface area (Å²) >= 11 is 0. The van der Waals surface area contributed by atoms with Crippen molar-refractivity contribution in [1.82, 2.24) is 21.3 Å². The van der Waals surface area contributed by atoms with Crippen molar-refractivity contribution in [2.24, 2.45) is 0 Å². The SMILES string of the molecule is O=C(N[C@@H](Cc1ccccc1)C(=O)NCCCNC(=O)[C@@H]1CCCCN1)c1ccccc1. The van der Waals surface area contributed by atoms with E-state index in [9.17, 15) is 14.4 Å². The first kappa shape index (κ1) is 23.5. The van der Waals surface area contributed by atoms with E-state index in [4.69, 9.17) is 0 Å². The summed E-state index contributed by atoms with van der Waals surface area (Å²) in [7, 11) is 0. The summed E-state index contributed by atoms with van der Waals surface area (Å²) in [4.78, 5) is 37.6. The fourth-order valence-corrected chi connectivity index (χ4v) is 3.72. The van der Waals surface area contributed by atoms with E-state index in [0.29, 0.717) is 31.5 Å². The normalized spacial score (nSPS) is 16.6. The van der Waals surface area contributed by atoms with Crippen molar-refractivity contribution in [1.29, 1.82) is 0 Å². The number of benzene rings is 2. The number of hydrogen-bond donors (Lipinski definition) is 4. The number of nitrogens with one attached hydrogen (secondary N) is 4. The molecule has 1 aliphatic rings. The van der Waals surface area contributed by atoms with E-state index in [1.54, 1.807) is 24.3 Å². The van der Waals surface area contributed by atoms with E-state index in [1.165, 1.54) is 0 Å². The standard InChI is InChI=1S/C25H32N4O3/c30-23(20-12-5-2-6-13-20)29-22(18-19-10-3-1-4-11-19)25(32)28-17-9-16-27-24(31)21-14-7-8-15-26-21/h1-6,10-13,21-22,26H,7-9,14-18H2,(H,27,31)(H,28,32)(H,29,30)/t21-,22-/m0/s1. The molecule has 1 saturated heterocycles. The van der Waals surface area contributed by atoms with Crippen LogP contribution in [-0.2, 0) is 16.0 Å². The van der Waals surface area contributed by atoms with Crippen molar-refractivity contribution in [3.05, 3.63) is 71.8 Å². The molecule has 2 aromatic rings. The number of carbonyl (C=O) groups excluding carboxylic acids is 3. The zero-order valence-electron chi connectivity index (χ0n) is 18.3. The molecule has 1 fully saturated rings. The van der Waals surface area contributed by atoms with Gasteiger partial charge in [0.2, 0.25) is 11.8 Å². The molecule has 0 aliphatic carbocycles. The van der Waals surface area contributed by atoms with Gasteiger partial charge >= 0.3 is 0 Å². The van der Waals surface area contributed by atoms with Gasteiger partial charge < -0.3 is 21.3 Å². The summed E-state index contributed by atoms with van der Waals surface area (Å²) in [5.74, 6) is -0.500. The monoisotopic (exact) mass is 436 g/mol. The van der Waals surface area contributed by atoms with Gasteiger partial charge in [-0.3, -0.25) is 14.4 Å². The molecule has 2 aromatic carbocycles. The molecule has 170 valence electrons. The fraction of sp³-hybridized carbons (Fsp3) is 0.400. The maximum absolute atomic E-state index is 12.8. The molecule has 32 heavy (non-hydrogen) atoms. The van der Waals surface area contributed by atoms with Crippen LogP contribution >= 0.6 is 0 Å². The van der Waals surface area contributed by atoms with Crippen LogP contribution in [0.2, 0.25) is 0 Å². The van der Waals surface area contributed by atoms with Gasteiger partial charge in [0.1, 0.15) is 6.04 Å². The molecule has 1 heterocycles. The predicted octanol–water partition coefficient (Wildman–Crippen LogP) is 1.79. The summed E-state index contributed by atoms with van der Waals surface area (Å²) in [6.45, 7) is 1.80. The lowest BCUT2D eigenvalue weighted by atomic mass is 10.0. The molecule has 7 heteroatoms. The maximum Gasteiger partial charge on any atom is 0.251 e. The fourth-order valence-electron chi connectivity index (χ4n) is 3.72. The topological polar surface area (TPSA) is 99.3 Å². The molecule has 0 spiro atoms. The molecular weight excluding hydrogens is 404 g/mol. The van der Waals surface area contributed by atoms with E-state index < -0.39 is 6.04 Å². The molecule has 0 bridgehead atoms. The third-order valence-electron chi connectivity index (χ3n) is 5.52. The summed E-state index contributed by atoms with van der Waals surface area (Å²) in [6, 6.07) is 17.7. The molecule has 7 nitrogen and oxygen atoms in total. The van der Waals surface area contributed by atoms with Gasteiger partial charge in [0, 0.05) is 25.1 Å². The lowest BCUT2D eigenvalue weighted by Crippen LogP contribution is -2.49. The van der Waals surface area contributed by atoms with Gasteiger partial charge in [0.05, 0.1) is 6.04 Å². The molecule has 4 N–H and O–H groups in total. The lowest BCUT2D eigenvalue weighted by molar-refractivity contribution is -0.123. The molecule has 0 saturated carbocycles. The Hall–Kier alpha value is -3.19. The molecule has 1 aliphatic heterocycles. The molecule has 0 aromatic heterocycles. The van der Waals surface area contributed by atoms with Crippen molar-refractivity contribution in [2.75, 3.05) is 19.6 Å². The van der Waals surface area contributed by atoms with Gasteiger partial charge in [0.25, 0.3) is 5.91 Å². The Morgan fingerprint density at radius 1 is 0.906 bits per heavy atom. The van der Waals surface area contributed by atoms with Crippen molar-refractivity contribution >= 4 is 17.7 Å². The van der Waals surface area contributed by atoms with Crippen LogP contribution in [0.1, 0.15) is 41.6 Å². The molecule has 3 amide bonds. The van der Waals surface area contributed by atoms with Crippen LogP contribution < -0.4 is 21.3 Å². The van der Waals surface area contributed by atoms with Crippen molar-refractivity contribution < 1.29 is 14.4 Å². The molecule has 0 radical (unpaired) electrons. The zero-order valence-corrected chi connectivity index (χ0v) is 18.3. The smallest absolute Gasteiger partial charge is 0.251 e. The van der Waals surface area contributed by atoms with Crippen molar-refractivity contribution in [3.8, 4) is 0 Å². The largest absolute Gasteiger partial charge is 0.355 e. The minimum absolute atomic E-state index is 0.0214.